The lowest BCUT2D eigenvalue weighted by atomic mass is 10.3. The van der Waals surface area contributed by atoms with Crippen molar-refractivity contribution < 1.29 is 9.59 Å². The predicted molar refractivity (Wildman–Crippen MR) is 88.7 cm³/mol. The third-order valence-corrected chi connectivity index (χ3v) is 2.86. The van der Waals surface area contributed by atoms with Crippen LogP contribution in [0.4, 0.5) is 11.6 Å². The van der Waals surface area contributed by atoms with Crippen molar-refractivity contribution in [1.82, 2.24) is 20.6 Å². The molecule has 2 aromatic heterocycles. The molecular weight excluding hydrogens is 308 g/mol. The number of nitrogens with one attached hydrogen (secondary N) is 2. The Morgan fingerprint density at radius 2 is 1.25 bits per heavy atom. The lowest BCUT2D eigenvalue weighted by molar-refractivity contribution is 0.0942. The van der Waals surface area contributed by atoms with E-state index >= 15 is 0 Å². The van der Waals surface area contributed by atoms with E-state index in [1.54, 1.807) is 36.4 Å². The number of hydrogen-bond donors (Lipinski definition) is 2. The SMILES string of the molecule is CCNC(=O)c1cccc(/N=N/c2cccc(C(=O)NCC)n2)n1. The Balaban J connectivity index is 2.16. The molecule has 0 unspecified atom stereocenters. The van der Waals surface area contributed by atoms with Gasteiger partial charge in [-0.3, -0.25) is 9.59 Å². The summed E-state index contributed by atoms with van der Waals surface area (Å²) in [6.07, 6.45) is 0. The minimum absolute atomic E-state index is 0.261. The van der Waals surface area contributed by atoms with Crippen LogP contribution in [0.25, 0.3) is 0 Å². The Bertz CT molecular complexity index is 696. The van der Waals surface area contributed by atoms with Crippen LogP contribution in [-0.4, -0.2) is 34.9 Å². The minimum Gasteiger partial charge on any atom is -0.351 e. The van der Waals surface area contributed by atoms with Crippen molar-refractivity contribution in [3.8, 4) is 0 Å². The van der Waals surface area contributed by atoms with Gasteiger partial charge in [0.15, 0.2) is 11.6 Å². The molecule has 0 aliphatic heterocycles. The number of hydrogen-bond acceptors (Lipinski definition) is 6. The summed E-state index contributed by atoms with van der Waals surface area (Å²) in [7, 11) is 0. The standard InChI is InChI=1S/C16H18N6O2/c1-3-17-15(23)11-7-5-9-13(19-11)21-22-14-10-6-8-12(20-14)16(24)18-4-2/h5-10H,3-4H2,1-2H3,(H,17,23)(H,18,24)/b22-21+. The molecule has 0 aliphatic rings. The molecule has 0 atom stereocenters. The number of aromatic nitrogens is 2. The Kier molecular flexibility index (Phi) is 6.07. The van der Waals surface area contributed by atoms with E-state index in [0.29, 0.717) is 13.1 Å². The van der Waals surface area contributed by atoms with Gasteiger partial charge in [-0.05, 0) is 38.1 Å². The number of amides is 2. The first-order chi connectivity index (χ1) is 11.6. The second-order valence-corrected chi connectivity index (χ2v) is 4.68. The molecule has 0 spiro atoms. The molecular formula is C16H18N6O2. The number of rotatable bonds is 6. The van der Waals surface area contributed by atoms with Gasteiger partial charge in [-0.2, -0.15) is 0 Å². The van der Waals surface area contributed by atoms with Gasteiger partial charge in [-0.15, -0.1) is 10.2 Å². The highest BCUT2D eigenvalue weighted by Crippen LogP contribution is 2.15. The van der Waals surface area contributed by atoms with Gasteiger partial charge in [0, 0.05) is 13.1 Å². The third kappa shape index (κ3) is 4.67. The summed E-state index contributed by atoms with van der Waals surface area (Å²) in [6, 6.07) is 9.78. The highest BCUT2D eigenvalue weighted by molar-refractivity contribution is 5.93. The molecule has 0 aliphatic carbocycles. The van der Waals surface area contributed by atoms with Gasteiger partial charge in [0.05, 0.1) is 0 Å². The molecule has 2 rings (SSSR count). The molecule has 8 nitrogen and oxygen atoms in total. The fraction of sp³-hybridized carbons (Fsp3) is 0.250. The average Bonchev–Trinajstić information content (AvgIpc) is 2.61. The van der Waals surface area contributed by atoms with Gasteiger partial charge in [0.1, 0.15) is 11.4 Å². The lowest BCUT2D eigenvalue weighted by Crippen LogP contribution is -2.23. The Labute approximate surface area is 139 Å². The maximum Gasteiger partial charge on any atom is 0.269 e. The lowest BCUT2D eigenvalue weighted by Gasteiger charge is -2.02. The average molecular weight is 326 g/mol. The zero-order chi connectivity index (χ0) is 17.4. The van der Waals surface area contributed by atoms with E-state index in [4.69, 9.17) is 0 Å². The van der Waals surface area contributed by atoms with Gasteiger partial charge in [-0.1, -0.05) is 12.1 Å². The summed E-state index contributed by atoms with van der Waals surface area (Å²) in [5.41, 5.74) is 0.523. The molecule has 0 saturated heterocycles. The predicted octanol–water partition coefficient (Wildman–Crippen LogP) is 2.39. The van der Waals surface area contributed by atoms with Crippen LogP contribution in [0.3, 0.4) is 0 Å². The summed E-state index contributed by atoms with van der Waals surface area (Å²) >= 11 is 0. The second kappa shape index (κ2) is 8.47. The quantitative estimate of drug-likeness (QED) is 0.794. The Hall–Kier alpha value is -3.16. The van der Waals surface area contributed by atoms with E-state index in [1.165, 1.54) is 0 Å². The van der Waals surface area contributed by atoms with Crippen molar-refractivity contribution in [2.75, 3.05) is 13.1 Å². The van der Waals surface area contributed by atoms with Crippen LogP contribution < -0.4 is 10.6 Å². The summed E-state index contributed by atoms with van der Waals surface area (Å²) in [5, 5.41) is 13.3. The largest absolute Gasteiger partial charge is 0.351 e. The molecule has 2 aromatic rings. The zero-order valence-electron chi connectivity index (χ0n) is 13.5. The minimum atomic E-state index is -0.272. The highest BCUT2D eigenvalue weighted by atomic mass is 16.2. The van der Waals surface area contributed by atoms with E-state index in [2.05, 4.69) is 30.8 Å². The number of nitrogens with zero attached hydrogens (tertiary/aromatic N) is 4. The molecule has 2 amide bonds. The number of azo groups is 1. The van der Waals surface area contributed by atoms with Crippen LogP contribution in [0, 0.1) is 0 Å². The molecule has 0 radical (unpaired) electrons. The second-order valence-electron chi connectivity index (χ2n) is 4.68. The van der Waals surface area contributed by atoms with E-state index in [-0.39, 0.29) is 34.8 Å². The molecule has 8 heteroatoms. The van der Waals surface area contributed by atoms with Crippen molar-refractivity contribution in [1.29, 1.82) is 0 Å². The van der Waals surface area contributed by atoms with E-state index in [1.807, 2.05) is 13.8 Å². The molecule has 0 fully saturated rings. The van der Waals surface area contributed by atoms with Crippen molar-refractivity contribution in [3.05, 3.63) is 47.8 Å². The number of pyridine rings is 2. The summed E-state index contributed by atoms with van der Waals surface area (Å²) < 4.78 is 0. The molecule has 124 valence electrons. The van der Waals surface area contributed by atoms with E-state index in [9.17, 15) is 9.59 Å². The fourth-order valence-electron chi connectivity index (χ4n) is 1.82. The summed E-state index contributed by atoms with van der Waals surface area (Å²) in [5.74, 6) is 0.0183. The molecule has 0 saturated carbocycles. The Morgan fingerprint density at radius 1 is 0.833 bits per heavy atom. The van der Waals surface area contributed by atoms with Crippen LogP contribution >= 0.6 is 0 Å². The van der Waals surface area contributed by atoms with Crippen LogP contribution in [0.1, 0.15) is 34.8 Å². The van der Waals surface area contributed by atoms with Gasteiger partial charge in [0.25, 0.3) is 11.8 Å². The molecule has 0 bridgehead atoms. The maximum atomic E-state index is 11.7. The van der Waals surface area contributed by atoms with Gasteiger partial charge < -0.3 is 10.6 Å². The van der Waals surface area contributed by atoms with Crippen LogP contribution in [0.15, 0.2) is 46.6 Å². The summed E-state index contributed by atoms with van der Waals surface area (Å²) in [4.78, 5) is 31.7. The normalized spacial score (nSPS) is 10.6. The highest BCUT2D eigenvalue weighted by Gasteiger charge is 2.07. The first-order valence-electron chi connectivity index (χ1n) is 7.56. The smallest absolute Gasteiger partial charge is 0.269 e. The van der Waals surface area contributed by atoms with Gasteiger partial charge in [0.2, 0.25) is 0 Å². The van der Waals surface area contributed by atoms with E-state index < -0.39 is 0 Å². The monoisotopic (exact) mass is 326 g/mol. The van der Waals surface area contributed by atoms with Crippen molar-refractivity contribution in [2.45, 2.75) is 13.8 Å². The fourth-order valence-corrected chi connectivity index (χ4v) is 1.82. The van der Waals surface area contributed by atoms with Gasteiger partial charge in [-0.25, -0.2) is 9.97 Å². The van der Waals surface area contributed by atoms with Gasteiger partial charge >= 0.3 is 0 Å². The molecule has 2 heterocycles. The van der Waals surface area contributed by atoms with Crippen LogP contribution in [0.2, 0.25) is 0 Å². The summed E-state index contributed by atoms with van der Waals surface area (Å²) in [6.45, 7) is 4.69. The Morgan fingerprint density at radius 3 is 1.62 bits per heavy atom. The first kappa shape index (κ1) is 17.2. The molecule has 2 N–H and O–H groups in total. The third-order valence-electron chi connectivity index (χ3n) is 2.86. The number of carbonyl (C=O) groups excluding carboxylic acids is 2. The number of carbonyl (C=O) groups is 2. The maximum absolute atomic E-state index is 11.7. The topological polar surface area (TPSA) is 109 Å². The van der Waals surface area contributed by atoms with Crippen LogP contribution in [-0.2, 0) is 0 Å². The van der Waals surface area contributed by atoms with Crippen molar-refractivity contribution in [3.63, 3.8) is 0 Å². The molecule has 0 aromatic carbocycles. The molecule has 24 heavy (non-hydrogen) atoms. The van der Waals surface area contributed by atoms with Crippen LogP contribution in [0.5, 0.6) is 0 Å². The van der Waals surface area contributed by atoms with Crippen molar-refractivity contribution in [2.24, 2.45) is 10.2 Å². The van der Waals surface area contributed by atoms with Crippen molar-refractivity contribution >= 4 is 23.5 Å². The first-order valence-corrected chi connectivity index (χ1v) is 7.56. The van der Waals surface area contributed by atoms with E-state index in [0.717, 1.165) is 0 Å². The zero-order valence-corrected chi connectivity index (χ0v) is 13.5.